The SMILES string of the molecule is Cc1nccc([C@@H]2C[C@H]3CCN(Cc4cc(C)on4)C[C@@H]3O2)n1. The summed E-state index contributed by atoms with van der Waals surface area (Å²) in [5, 5.41) is 4.09. The Hall–Kier alpha value is -1.79. The molecule has 0 N–H and O–H groups in total. The quantitative estimate of drug-likeness (QED) is 0.867. The van der Waals surface area contributed by atoms with Gasteiger partial charge in [-0.05, 0) is 45.2 Å². The Bertz CT molecular complexity index is 687. The Morgan fingerprint density at radius 2 is 2.26 bits per heavy atom. The van der Waals surface area contributed by atoms with Crippen LogP contribution in [0.5, 0.6) is 0 Å². The number of fused-ring (bicyclic) bond motifs is 1. The maximum Gasteiger partial charge on any atom is 0.133 e. The van der Waals surface area contributed by atoms with Crippen molar-refractivity contribution in [2.75, 3.05) is 13.1 Å². The molecule has 0 aromatic carbocycles. The Kier molecular flexibility index (Phi) is 3.87. The molecular formula is C17H22N4O2. The molecule has 2 aliphatic rings. The lowest BCUT2D eigenvalue weighted by atomic mass is 9.91. The zero-order valence-corrected chi connectivity index (χ0v) is 13.6. The van der Waals surface area contributed by atoms with E-state index in [9.17, 15) is 0 Å². The largest absolute Gasteiger partial charge is 0.367 e. The molecule has 0 aliphatic carbocycles. The molecule has 122 valence electrons. The van der Waals surface area contributed by atoms with Gasteiger partial charge in [-0.25, -0.2) is 9.97 Å². The molecule has 4 heterocycles. The fourth-order valence-electron chi connectivity index (χ4n) is 3.70. The van der Waals surface area contributed by atoms with Gasteiger partial charge < -0.3 is 9.26 Å². The predicted molar refractivity (Wildman–Crippen MR) is 83.6 cm³/mol. The number of rotatable bonds is 3. The highest BCUT2D eigenvalue weighted by atomic mass is 16.5. The summed E-state index contributed by atoms with van der Waals surface area (Å²) in [6, 6.07) is 3.99. The van der Waals surface area contributed by atoms with Gasteiger partial charge in [0.05, 0.1) is 17.5 Å². The van der Waals surface area contributed by atoms with Crippen LogP contribution in [0.3, 0.4) is 0 Å². The third-order valence-electron chi connectivity index (χ3n) is 4.83. The minimum absolute atomic E-state index is 0.112. The number of ether oxygens (including phenoxy) is 1. The Morgan fingerprint density at radius 3 is 3.04 bits per heavy atom. The van der Waals surface area contributed by atoms with E-state index in [1.807, 2.05) is 32.2 Å². The zero-order valence-electron chi connectivity index (χ0n) is 13.6. The van der Waals surface area contributed by atoms with Crippen molar-refractivity contribution in [3.63, 3.8) is 0 Å². The Balaban J connectivity index is 1.40. The lowest BCUT2D eigenvalue weighted by Crippen LogP contribution is -2.41. The van der Waals surface area contributed by atoms with Crippen LogP contribution in [0, 0.1) is 19.8 Å². The maximum absolute atomic E-state index is 6.30. The van der Waals surface area contributed by atoms with E-state index in [0.717, 1.165) is 49.0 Å². The van der Waals surface area contributed by atoms with E-state index in [0.29, 0.717) is 5.92 Å². The van der Waals surface area contributed by atoms with Crippen LogP contribution in [0.2, 0.25) is 0 Å². The van der Waals surface area contributed by atoms with Crippen LogP contribution in [0.4, 0.5) is 0 Å². The van der Waals surface area contributed by atoms with E-state index in [1.165, 1.54) is 6.42 Å². The molecular weight excluding hydrogens is 292 g/mol. The summed E-state index contributed by atoms with van der Waals surface area (Å²) < 4.78 is 11.5. The summed E-state index contributed by atoms with van der Waals surface area (Å²) in [6.45, 7) is 6.73. The van der Waals surface area contributed by atoms with E-state index >= 15 is 0 Å². The first kappa shape index (κ1) is 14.8. The van der Waals surface area contributed by atoms with Gasteiger partial charge in [0.25, 0.3) is 0 Å². The van der Waals surface area contributed by atoms with Gasteiger partial charge in [0, 0.05) is 25.4 Å². The normalized spacial score (nSPS) is 28.0. The topological polar surface area (TPSA) is 64.3 Å². The van der Waals surface area contributed by atoms with E-state index in [2.05, 4.69) is 20.0 Å². The number of nitrogens with zero attached hydrogens (tertiary/aromatic N) is 4. The van der Waals surface area contributed by atoms with Crippen LogP contribution < -0.4 is 0 Å². The van der Waals surface area contributed by atoms with Crippen molar-refractivity contribution >= 4 is 0 Å². The molecule has 0 saturated carbocycles. The van der Waals surface area contributed by atoms with Crippen molar-refractivity contribution < 1.29 is 9.26 Å². The highest BCUT2D eigenvalue weighted by Gasteiger charge is 2.40. The second-order valence-corrected chi connectivity index (χ2v) is 6.64. The van der Waals surface area contributed by atoms with Crippen LogP contribution in [0.25, 0.3) is 0 Å². The van der Waals surface area contributed by atoms with Crippen LogP contribution >= 0.6 is 0 Å². The summed E-state index contributed by atoms with van der Waals surface area (Å²) in [7, 11) is 0. The average molecular weight is 314 g/mol. The van der Waals surface area contributed by atoms with Gasteiger partial charge in [0.1, 0.15) is 17.7 Å². The third kappa shape index (κ3) is 3.14. The molecule has 23 heavy (non-hydrogen) atoms. The fraction of sp³-hybridized carbons (Fsp3) is 0.588. The molecule has 0 bridgehead atoms. The van der Waals surface area contributed by atoms with E-state index < -0.39 is 0 Å². The first-order valence-electron chi connectivity index (χ1n) is 8.27. The lowest BCUT2D eigenvalue weighted by Gasteiger charge is -2.33. The Morgan fingerprint density at radius 1 is 1.35 bits per heavy atom. The molecule has 2 saturated heterocycles. The molecule has 4 rings (SSSR count). The van der Waals surface area contributed by atoms with Crippen LogP contribution in [-0.2, 0) is 11.3 Å². The highest BCUT2D eigenvalue weighted by Crippen LogP contribution is 2.40. The molecule has 3 atom stereocenters. The summed E-state index contributed by atoms with van der Waals surface area (Å²) >= 11 is 0. The number of aryl methyl sites for hydroxylation is 2. The number of hydrogen-bond donors (Lipinski definition) is 0. The van der Waals surface area contributed by atoms with Gasteiger partial charge in [0.2, 0.25) is 0 Å². The van der Waals surface area contributed by atoms with Gasteiger partial charge in [-0.3, -0.25) is 4.90 Å². The van der Waals surface area contributed by atoms with E-state index in [-0.39, 0.29) is 12.2 Å². The van der Waals surface area contributed by atoms with Gasteiger partial charge in [-0.15, -0.1) is 0 Å². The van der Waals surface area contributed by atoms with Crippen molar-refractivity contribution in [3.8, 4) is 0 Å². The minimum Gasteiger partial charge on any atom is -0.367 e. The third-order valence-corrected chi connectivity index (χ3v) is 4.83. The molecule has 0 spiro atoms. The van der Waals surface area contributed by atoms with Crippen molar-refractivity contribution in [2.45, 2.75) is 45.4 Å². The molecule has 0 amide bonds. The maximum atomic E-state index is 6.30. The first-order valence-corrected chi connectivity index (χ1v) is 8.27. The second-order valence-electron chi connectivity index (χ2n) is 6.64. The molecule has 6 nitrogen and oxygen atoms in total. The van der Waals surface area contributed by atoms with Crippen LogP contribution in [-0.4, -0.2) is 39.2 Å². The minimum atomic E-state index is 0.112. The van der Waals surface area contributed by atoms with Gasteiger partial charge in [-0.1, -0.05) is 5.16 Å². The zero-order chi connectivity index (χ0) is 15.8. The average Bonchev–Trinajstić information content (AvgIpc) is 3.13. The van der Waals surface area contributed by atoms with Crippen molar-refractivity contribution in [1.29, 1.82) is 0 Å². The summed E-state index contributed by atoms with van der Waals surface area (Å²) in [6.07, 6.45) is 4.46. The fourth-order valence-corrected chi connectivity index (χ4v) is 3.70. The van der Waals surface area contributed by atoms with Crippen LogP contribution in [0.1, 0.15) is 41.9 Å². The number of aromatic nitrogens is 3. The lowest BCUT2D eigenvalue weighted by molar-refractivity contribution is -0.0111. The molecule has 6 heteroatoms. The van der Waals surface area contributed by atoms with Crippen molar-refractivity contribution in [3.05, 3.63) is 41.3 Å². The van der Waals surface area contributed by atoms with Gasteiger partial charge in [-0.2, -0.15) is 0 Å². The number of hydrogen-bond acceptors (Lipinski definition) is 6. The first-order chi connectivity index (χ1) is 11.2. The monoisotopic (exact) mass is 314 g/mol. The molecule has 2 aromatic heterocycles. The summed E-state index contributed by atoms with van der Waals surface area (Å²) in [5.74, 6) is 2.31. The second kappa shape index (κ2) is 6.02. The molecule has 2 aliphatic heterocycles. The van der Waals surface area contributed by atoms with Crippen LogP contribution in [0.15, 0.2) is 22.9 Å². The molecule has 2 aromatic rings. The molecule has 0 unspecified atom stereocenters. The van der Waals surface area contributed by atoms with E-state index in [4.69, 9.17) is 9.26 Å². The number of piperidine rings is 1. The molecule has 2 fully saturated rings. The Labute approximate surface area is 135 Å². The highest BCUT2D eigenvalue weighted by molar-refractivity contribution is 5.09. The van der Waals surface area contributed by atoms with Gasteiger partial charge >= 0.3 is 0 Å². The summed E-state index contributed by atoms with van der Waals surface area (Å²) in [5.41, 5.74) is 2.02. The van der Waals surface area contributed by atoms with Gasteiger partial charge in [0.15, 0.2) is 0 Å². The van der Waals surface area contributed by atoms with E-state index in [1.54, 1.807) is 0 Å². The standard InChI is InChI=1S/C17H22N4O2/c1-11-7-14(20-23-11)9-21-6-4-13-8-16(22-17(13)10-21)15-3-5-18-12(2)19-15/h3,5,7,13,16-17H,4,6,8-10H2,1-2H3/t13-,16+,17+/m1/s1. The predicted octanol–water partition coefficient (Wildman–Crippen LogP) is 2.43. The summed E-state index contributed by atoms with van der Waals surface area (Å²) in [4.78, 5) is 11.1. The van der Waals surface area contributed by atoms with Crippen molar-refractivity contribution in [2.24, 2.45) is 5.92 Å². The molecule has 0 radical (unpaired) electrons. The number of likely N-dealkylation sites (tertiary alicyclic amines) is 1. The van der Waals surface area contributed by atoms with Crippen molar-refractivity contribution in [1.82, 2.24) is 20.0 Å². The smallest absolute Gasteiger partial charge is 0.133 e.